The molecule has 4 heterocycles. The van der Waals surface area contributed by atoms with Crippen LogP contribution in [0.2, 0.25) is 5.02 Å². The van der Waals surface area contributed by atoms with E-state index in [1.165, 1.54) is 29.1 Å². The van der Waals surface area contributed by atoms with E-state index in [9.17, 15) is 19.2 Å². The summed E-state index contributed by atoms with van der Waals surface area (Å²) in [4.78, 5) is 37.6. The van der Waals surface area contributed by atoms with E-state index >= 15 is 0 Å². The number of anilines is 1. The maximum absolute atomic E-state index is 13.9. The number of halogens is 2. The van der Waals surface area contributed by atoms with E-state index in [-0.39, 0.29) is 34.4 Å². The monoisotopic (exact) mass is 482 g/mol. The minimum Gasteiger partial charge on any atom is -0.371 e. The van der Waals surface area contributed by atoms with Crippen LogP contribution in [0.15, 0.2) is 40.2 Å². The highest BCUT2D eigenvalue weighted by atomic mass is 35.5. The predicted octanol–water partition coefficient (Wildman–Crippen LogP) is 2.45. The van der Waals surface area contributed by atoms with Gasteiger partial charge >= 0.3 is 5.69 Å². The van der Waals surface area contributed by atoms with Gasteiger partial charge in [0.2, 0.25) is 0 Å². The lowest BCUT2D eigenvalue weighted by Crippen LogP contribution is -2.63. The lowest BCUT2D eigenvalue weighted by atomic mass is 9.90. The van der Waals surface area contributed by atoms with Crippen molar-refractivity contribution in [2.75, 3.05) is 24.6 Å². The normalized spacial score (nSPS) is 16.5. The number of nitriles is 1. The molecule has 0 N–H and O–H groups in total. The summed E-state index contributed by atoms with van der Waals surface area (Å²) in [6.45, 7) is 2.97. The first-order valence-electron chi connectivity index (χ1n) is 10.7. The third-order valence-corrected chi connectivity index (χ3v) is 6.46. The molecule has 9 nitrogen and oxygen atoms in total. The summed E-state index contributed by atoms with van der Waals surface area (Å²) in [6, 6.07) is 5.93. The highest BCUT2D eigenvalue weighted by molar-refractivity contribution is 6.31. The molecule has 0 radical (unpaired) electrons. The second kappa shape index (κ2) is 8.34. The lowest BCUT2D eigenvalue weighted by molar-refractivity contribution is -0.0187. The lowest BCUT2D eigenvalue weighted by Gasteiger charge is -2.49. The Bertz CT molecular complexity index is 1450. The third-order valence-electron chi connectivity index (χ3n) is 6.17. The molecule has 0 unspecified atom stereocenters. The molecule has 2 aliphatic heterocycles. The fourth-order valence-corrected chi connectivity index (χ4v) is 4.83. The van der Waals surface area contributed by atoms with Crippen LogP contribution in [0.5, 0.6) is 0 Å². The molecule has 0 amide bonds. The molecule has 1 spiro atoms. The molecule has 0 saturated carbocycles. The quantitative estimate of drug-likeness (QED) is 0.562. The van der Waals surface area contributed by atoms with Gasteiger partial charge in [0, 0.05) is 12.8 Å². The maximum Gasteiger partial charge on any atom is 0.339 e. The Morgan fingerprint density at radius 1 is 1.29 bits per heavy atom. The summed E-state index contributed by atoms with van der Waals surface area (Å²) in [5.74, 6) is -0.330. The van der Waals surface area contributed by atoms with Crippen molar-refractivity contribution < 1.29 is 9.13 Å². The SMILES string of the molecule is Cc1cncc(-n2c(=O)c(-c3ccc(F)c(Cl)c3)c(N3CC4(CCCO4)C3)n(CC#N)c2=O)n1. The molecule has 2 aliphatic rings. The molecule has 0 aliphatic carbocycles. The van der Waals surface area contributed by atoms with Crippen molar-refractivity contribution in [1.29, 1.82) is 5.26 Å². The fraction of sp³-hybridized carbons (Fsp3) is 0.348. The van der Waals surface area contributed by atoms with Gasteiger partial charge in [-0.2, -0.15) is 5.26 Å². The van der Waals surface area contributed by atoms with Gasteiger partial charge in [-0.15, -0.1) is 0 Å². The van der Waals surface area contributed by atoms with Gasteiger partial charge in [-0.05, 0) is 37.5 Å². The Kier molecular flexibility index (Phi) is 5.46. The molecule has 34 heavy (non-hydrogen) atoms. The Morgan fingerprint density at radius 2 is 2.09 bits per heavy atom. The molecule has 0 bridgehead atoms. The van der Waals surface area contributed by atoms with E-state index in [0.29, 0.717) is 31.0 Å². The summed E-state index contributed by atoms with van der Waals surface area (Å²) in [5, 5.41) is 9.36. The Morgan fingerprint density at radius 3 is 2.74 bits per heavy atom. The molecule has 2 saturated heterocycles. The predicted molar refractivity (Wildman–Crippen MR) is 123 cm³/mol. The first-order valence-corrected chi connectivity index (χ1v) is 11.1. The minimum absolute atomic E-state index is 0.0295. The zero-order valence-corrected chi connectivity index (χ0v) is 19.0. The van der Waals surface area contributed by atoms with Gasteiger partial charge in [0.1, 0.15) is 23.8 Å². The van der Waals surface area contributed by atoms with E-state index in [0.717, 1.165) is 23.5 Å². The van der Waals surface area contributed by atoms with E-state index in [1.54, 1.807) is 6.92 Å². The third kappa shape index (κ3) is 3.57. The number of benzene rings is 1. The first kappa shape index (κ1) is 22.3. The van der Waals surface area contributed by atoms with Crippen LogP contribution in [-0.4, -0.2) is 44.4 Å². The largest absolute Gasteiger partial charge is 0.371 e. The Labute approximate surface area is 198 Å². The number of nitrogens with zero attached hydrogens (tertiary/aromatic N) is 6. The van der Waals surface area contributed by atoms with Gasteiger partial charge in [0.25, 0.3) is 5.56 Å². The first-order chi connectivity index (χ1) is 16.3. The summed E-state index contributed by atoms with van der Waals surface area (Å²) in [7, 11) is 0. The van der Waals surface area contributed by atoms with Crippen molar-refractivity contribution in [1.82, 2.24) is 19.1 Å². The van der Waals surface area contributed by atoms with Gasteiger partial charge in [-0.25, -0.2) is 18.7 Å². The van der Waals surface area contributed by atoms with Crippen LogP contribution < -0.4 is 16.1 Å². The number of hydrogen-bond acceptors (Lipinski definition) is 7. The van der Waals surface area contributed by atoms with Gasteiger partial charge in [-0.1, -0.05) is 17.7 Å². The van der Waals surface area contributed by atoms with E-state index in [4.69, 9.17) is 16.3 Å². The van der Waals surface area contributed by atoms with Gasteiger partial charge in [0.15, 0.2) is 5.82 Å². The highest BCUT2D eigenvalue weighted by Crippen LogP contribution is 2.40. The van der Waals surface area contributed by atoms with E-state index in [1.807, 2.05) is 11.0 Å². The van der Waals surface area contributed by atoms with Crippen LogP contribution in [0.3, 0.4) is 0 Å². The van der Waals surface area contributed by atoms with Crippen LogP contribution in [0, 0.1) is 24.1 Å². The molecular weight excluding hydrogens is 463 g/mol. The fourth-order valence-electron chi connectivity index (χ4n) is 4.65. The topological polar surface area (TPSA) is 106 Å². The molecule has 2 fully saturated rings. The number of hydrogen-bond donors (Lipinski definition) is 0. The molecule has 1 aromatic carbocycles. The number of ether oxygens (including phenoxy) is 1. The molecule has 0 atom stereocenters. The molecule has 5 rings (SSSR count). The number of aryl methyl sites for hydroxylation is 1. The van der Waals surface area contributed by atoms with Crippen molar-refractivity contribution in [2.45, 2.75) is 31.9 Å². The second-order valence-corrected chi connectivity index (χ2v) is 8.91. The second-order valence-electron chi connectivity index (χ2n) is 8.50. The van der Waals surface area contributed by atoms with E-state index in [2.05, 4.69) is 9.97 Å². The molecule has 3 aromatic rings. The number of aromatic nitrogens is 4. The highest BCUT2D eigenvalue weighted by Gasteiger charge is 2.48. The molecule has 2 aromatic heterocycles. The zero-order chi connectivity index (χ0) is 24.0. The van der Waals surface area contributed by atoms with Crippen molar-refractivity contribution >= 4 is 17.4 Å². The van der Waals surface area contributed by atoms with Crippen LogP contribution in [0.25, 0.3) is 16.9 Å². The van der Waals surface area contributed by atoms with Crippen molar-refractivity contribution in [3.63, 3.8) is 0 Å². The van der Waals surface area contributed by atoms with Crippen LogP contribution >= 0.6 is 11.6 Å². The summed E-state index contributed by atoms with van der Waals surface area (Å²) >= 11 is 6.04. The van der Waals surface area contributed by atoms with Crippen LogP contribution in [0.4, 0.5) is 10.2 Å². The Balaban J connectivity index is 1.80. The number of rotatable bonds is 4. The minimum atomic E-state index is -0.716. The van der Waals surface area contributed by atoms with E-state index < -0.39 is 17.1 Å². The summed E-state index contributed by atoms with van der Waals surface area (Å²) < 4.78 is 22.0. The van der Waals surface area contributed by atoms with Crippen LogP contribution in [0.1, 0.15) is 18.5 Å². The van der Waals surface area contributed by atoms with Gasteiger partial charge in [-0.3, -0.25) is 14.3 Å². The van der Waals surface area contributed by atoms with Crippen LogP contribution in [-0.2, 0) is 11.3 Å². The molecule has 174 valence electrons. The molecule has 11 heteroatoms. The van der Waals surface area contributed by atoms with Gasteiger partial charge in [0.05, 0.1) is 41.6 Å². The van der Waals surface area contributed by atoms with Gasteiger partial charge < -0.3 is 9.64 Å². The summed E-state index contributed by atoms with van der Waals surface area (Å²) in [5.41, 5.74) is -0.762. The summed E-state index contributed by atoms with van der Waals surface area (Å²) in [6.07, 6.45) is 4.61. The molecular formula is C23H20ClFN6O3. The average Bonchev–Trinajstić information content (AvgIpc) is 3.27. The van der Waals surface area contributed by atoms with Crippen molar-refractivity contribution in [3.8, 4) is 23.0 Å². The smallest absolute Gasteiger partial charge is 0.339 e. The van der Waals surface area contributed by atoms with Crippen molar-refractivity contribution in [3.05, 3.63) is 68.0 Å². The standard InChI is InChI=1S/C23H20ClFN6O3/c1-14-10-27-11-18(28-14)31-21(32)19(15-3-4-17(25)16(24)9-15)20(30(7-6-26)22(31)33)29-12-23(13-29)5-2-8-34-23/h3-4,9-11H,2,5,7-8,12-13H2,1H3. The van der Waals surface area contributed by atoms with Crippen molar-refractivity contribution in [2.24, 2.45) is 0 Å². The Hall–Kier alpha value is -3.55. The maximum atomic E-state index is 13.9. The zero-order valence-electron chi connectivity index (χ0n) is 18.3. The average molecular weight is 483 g/mol.